The Kier molecular flexibility index (Phi) is 6.79. The quantitative estimate of drug-likeness (QED) is 0.522. The molecule has 2 aliphatic heterocycles. The normalized spacial score (nSPS) is 22.5. The van der Waals surface area contributed by atoms with Gasteiger partial charge < -0.3 is 20.1 Å². The second kappa shape index (κ2) is 10.5. The summed E-state index contributed by atoms with van der Waals surface area (Å²) >= 11 is 0. The maximum atomic E-state index is 13.3. The molecule has 1 aromatic heterocycles. The van der Waals surface area contributed by atoms with Gasteiger partial charge in [-0.25, -0.2) is 9.59 Å². The van der Waals surface area contributed by atoms with Crippen molar-refractivity contribution in [2.24, 2.45) is 5.92 Å². The number of carbonyl (C=O) groups is 2. The van der Waals surface area contributed by atoms with Gasteiger partial charge >= 0.3 is 11.7 Å². The molecule has 1 saturated carbocycles. The molecule has 0 bridgehead atoms. The van der Waals surface area contributed by atoms with Crippen LogP contribution in [-0.2, 0) is 4.79 Å². The molecule has 2 saturated heterocycles. The van der Waals surface area contributed by atoms with Gasteiger partial charge in [0.25, 0.3) is 0 Å². The maximum Gasteiger partial charge on any atom is 0.326 e. The molecule has 2 atom stereocenters. The molecular formula is C30H35N5O3. The van der Waals surface area contributed by atoms with Crippen LogP contribution in [0.2, 0.25) is 0 Å². The molecule has 1 aliphatic carbocycles. The van der Waals surface area contributed by atoms with Gasteiger partial charge in [0.15, 0.2) is 0 Å². The fraction of sp³-hybridized carbons (Fsp3) is 0.433. The summed E-state index contributed by atoms with van der Waals surface area (Å²) in [7, 11) is 0. The van der Waals surface area contributed by atoms with Crippen LogP contribution >= 0.6 is 0 Å². The highest BCUT2D eigenvalue weighted by Gasteiger charge is 2.39. The van der Waals surface area contributed by atoms with E-state index in [-0.39, 0.29) is 29.6 Å². The van der Waals surface area contributed by atoms with Crippen LogP contribution in [0.25, 0.3) is 11.3 Å². The molecule has 8 heteroatoms. The molecule has 3 amide bonds. The minimum absolute atomic E-state index is 0.0352. The SMILES string of the molecule is O=C(NC1CC(c2ccccc2)CN(CC2CC2)C1=O)N1CCC(n2cc(-c3ccccc3)[nH]c2=O)CC1. The number of aromatic nitrogens is 2. The van der Waals surface area contributed by atoms with E-state index in [2.05, 4.69) is 22.4 Å². The first-order valence-electron chi connectivity index (χ1n) is 13.8. The van der Waals surface area contributed by atoms with Crippen LogP contribution in [0.5, 0.6) is 0 Å². The van der Waals surface area contributed by atoms with Gasteiger partial charge in [0.05, 0.1) is 5.69 Å². The largest absolute Gasteiger partial charge is 0.340 e. The summed E-state index contributed by atoms with van der Waals surface area (Å²) in [5.41, 5.74) is 2.87. The molecule has 38 heavy (non-hydrogen) atoms. The van der Waals surface area contributed by atoms with Crippen molar-refractivity contribution in [2.45, 2.75) is 50.1 Å². The van der Waals surface area contributed by atoms with E-state index < -0.39 is 6.04 Å². The van der Waals surface area contributed by atoms with Crippen molar-refractivity contribution in [3.63, 3.8) is 0 Å². The van der Waals surface area contributed by atoms with E-state index in [9.17, 15) is 14.4 Å². The Morgan fingerprint density at radius 3 is 2.29 bits per heavy atom. The van der Waals surface area contributed by atoms with Gasteiger partial charge in [0.1, 0.15) is 6.04 Å². The third-order valence-corrected chi connectivity index (χ3v) is 8.29. The predicted octanol–water partition coefficient (Wildman–Crippen LogP) is 3.98. The number of benzene rings is 2. The molecular weight excluding hydrogens is 478 g/mol. The smallest absolute Gasteiger partial charge is 0.326 e. The number of carbonyl (C=O) groups excluding carboxylic acids is 2. The Bertz CT molecular complexity index is 1320. The lowest BCUT2D eigenvalue weighted by atomic mass is 9.87. The van der Waals surface area contributed by atoms with Crippen LogP contribution in [0.1, 0.15) is 49.6 Å². The minimum atomic E-state index is -0.515. The summed E-state index contributed by atoms with van der Waals surface area (Å²) in [6.45, 7) is 2.59. The van der Waals surface area contributed by atoms with Crippen LogP contribution in [0.3, 0.4) is 0 Å². The second-order valence-corrected chi connectivity index (χ2v) is 11.0. The molecule has 0 spiro atoms. The van der Waals surface area contributed by atoms with Gasteiger partial charge in [0, 0.05) is 44.3 Å². The van der Waals surface area contributed by atoms with E-state index in [4.69, 9.17) is 0 Å². The number of H-pyrrole nitrogens is 1. The Morgan fingerprint density at radius 1 is 0.921 bits per heavy atom. The highest BCUT2D eigenvalue weighted by atomic mass is 16.2. The van der Waals surface area contributed by atoms with Gasteiger partial charge in [-0.3, -0.25) is 9.36 Å². The third-order valence-electron chi connectivity index (χ3n) is 8.29. The van der Waals surface area contributed by atoms with Crippen molar-refractivity contribution in [3.8, 4) is 11.3 Å². The molecule has 198 valence electrons. The van der Waals surface area contributed by atoms with Crippen LogP contribution in [0.15, 0.2) is 71.7 Å². The lowest BCUT2D eigenvalue weighted by Gasteiger charge is -2.39. The average Bonchev–Trinajstić information content (AvgIpc) is 3.69. The molecule has 2 N–H and O–H groups in total. The first-order valence-corrected chi connectivity index (χ1v) is 13.8. The number of imidazole rings is 1. The third kappa shape index (κ3) is 5.26. The lowest BCUT2D eigenvalue weighted by molar-refractivity contribution is -0.136. The van der Waals surface area contributed by atoms with E-state index in [1.54, 1.807) is 9.47 Å². The zero-order valence-corrected chi connectivity index (χ0v) is 21.6. The summed E-state index contributed by atoms with van der Waals surface area (Å²) in [6.07, 6.45) is 6.26. The molecule has 3 heterocycles. The Labute approximate surface area is 222 Å². The Balaban J connectivity index is 1.09. The molecule has 6 rings (SSSR count). The number of hydrogen-bond acceptors (Lipinski definition) is 3. The summed E-state index contributed by atoms with van der Waals surface area (Å²) < 4.78 is 1.77. The van der Waals surface area contributed by atoms with E-state index in [1.165, 1.54) is 18.4 Å². The van der Waals surface area contributed by atoms with E-state index in [1.807, 2.05) is 59.6 Å². The van der Waals surface area contributed by atoms with Gasteiger partial charge in [-0.05, 0) is 49.1 Å². The monoisotopic (exact) mass is 513 g/mol. The average molecular weight is 514 g/mol. The molecule has 3 fully saturated rings. The summed E-state index contributed by atoms with van der Waals surface area (Å²) in [6, 6.07) is 19.4. The maximum absolute atomic E-state index is 13.3. The molecule has 8 nitrogen and oxygen atoms in total. The van der Waals surface area contributed by atoms with Gasteiger partial charge in [-0.2, -0.15) is 0 Å². The molecule has 3 aromatic rings. The standard InChI is InChI=1S/C30H35N5O3/c36-28-26(17-24(22-7-3-1-4-8-22)19-34(28)18-21-11-12-21)31-29(37)33-15-13-25(14-16-33)35-20-27(32-30(35)38)23-9-5-2-6-10-23/h1-10,20-21,24-26H,11-19H2,(H,31,37)(H,32,38). The first kappa shape index (κ1) is 24.5. The predicted molar refractivity (Wildman–Crippen MR) is 146 cm³/mol. The zero-order valence-electron chi connectivity index (χ0n) is 21.6. The molecule has 0 radical (unpaired) electrons. The highest BCUT2D eigenvalue weighted by Crippen LogP contribution is 2.34. The fourth-order valence-corrected chi connectivity index (χ4v) is 5.93. The Morgan fingerprint density at radius 2 is 1.61 bits per heavy atom. The number of nitrogens with one attached hydrogen (secondary N) is 2. The summed E-state index contributed by atoms with van der Waals surface area (Å²) in [5, 5.41) is 3.07. The van der Waals surface area contributed by atoms with Crippen molar-refractivity contribution in [3.05, 3.63) is 82.9 Å². The number of hydrogen-bond donors (Lipinski definition) is 2. The first-order chi connectivity index (χ1) is 18.5. The number of likely N-dealkylation sites (tertiary alicyclic amines) is 2. The second-order valence-electron chi connectivity index (χ2n) is 11.0. The van der Waals surface area contributed by atoms with Gasteiger partial charge in [-0.15, -0.1) is 0 Å². The van der Waals surface area contributed by atoms with Crippen molar-refractivity contribution in [1.29, 1.82) is 0 Å². The minimum Gasteiger partial charge on any atom is -0.340 e. The van der Waals surface area contributed by atoms with Crippen molar-refractivity contribution < 1.29 is 9.59 Å². The number of piperidine rings is 2. The molecule has 3 aliphatic rings. The van der Waals surface area contributed by atoms with Crippen molar-refractivity contribution in [1.82, 2.24) is 24.7 Å². The topological polar surface area (TPSA) is 90.4 Å². The van der Waals surface area contributed by atoms with Crippen molar-refractivity contribution >= 4 is 11.9 Å². The van der Waals surface area contributed by atoms with E-state index in [0.717, 1.165) is 17.8 Å². The number of aromatic amines is 1. The number of rotatable bonds is 6. The van der Waals surface area contributed by atoms with Crippen LogP contribution < -0.4 is 11.0 Å². The van der Waals surface area contributed by atoms with Crippen LogP contribution in [-0.4, -0.2) is 63.5 Å². The number of urea groups is 1. The van der Waals surface area contributed by atoms with Gasteiger partial charge in [-0.1, -0.05) is 60.7 Å². The molecule has 2 unspecified atom stereocenters. The van der Waals surface area contributed by atoms with E-state index in [0.29, 0.717) is 44.8 Å². The van der Waals surface area contributed by atoms with Gasteiger partial charge in [0.2, 0.25) is 5.91 Å². The summed E-state index contributed by atoms with van der Waals surface area (Å²) in [5.74, 6) is 0.852. The number of nitrogens with zero attached hydrogens (tertiary/aromatic N) is 3. The molecule has 2 aromatic carbocycles. The number of amides is 3. The summed E-state index contributed by atoms with van der Waals surface area (Å²) in [4.78, 5) is 46.0. The van der Waals surface area contributed by atoms with E-state index >= 15 is 0 Å². The highest BCUT2D eigenvalue weighted by molar-refractivity contribution is 5.88. The van der Waals surface area contributed by atoms with Crippen molar-refractivity contribution in [2.75, 3.05) is 26.2 Å². The lowest BCUT2D eigenvalue weighted by Crippen LogP contribution is -2.57. The Hall–Kier alpha value is -3.81. The zero-order chi connectivity index (χ0) is 26.1. The van der Waals surface area contributed by atoms with Crippen LogP contribution in [0, 0.1) is 5.92 Å². The van der Waals surface area contributed by atoms with Crippen LogP contribution in [0.4, 0.5) is 4.79 Å². The fourth-order valence-electron chi connectivity index (χ4n) is 5.93.